The third-order valence-corrected chi connectivity index (χ3v) is 14.0. The highest BCUT2D eigenvalue weighted by Gasteiger charge is 2.18. The van der Waals surface area contributed by atoms with Crippen LogP contribution in [0.2, 0.25) is 0 Å². The van der Waals surface area contributed by atoms with E-state index in [4.69, 9.17) is 28.4 Å². The summed E-state index contributed by atoms with van der Waals surface area (Å²) in [5.74, 6) is 4.16. The first-order valence-corrected chi connectivity index (χ1v) is 27.9. The lowest BCUT2D eigenvalue weighted by molar-refractivity contribution is 0.275. The first-order chi connectivity index (χ1) is 37.6. The van der Waals surface area contributed by atoms with Crippen molar-refractivity contribution < 1.29 is 28.4 Å². The zero-order valence-electron chi connectivity index (χ0n) is 48.9. The Kier molecular flexibility index (Phi) is 18.7. The third kappa shape index (κ3) is 17.8. The number of ether oxygens (including phenoxy) is 6. The molecule has 8 aromatic carbocycles. The average Bonchev–Trinajstić information content (AvgIpc) is 3.43. The van der Waals surface area contributed by atoms with Crippen LogP contribution in [0.1, 0.15) is 150 Å². The van der Waals surface area contributed by atoms with Crippen molar-refractivity contribution in [3.63, 3.8) is 0 Å². The molecule has 7 nitrogen and oxygen atoms in total. The minimum atomic E-state index is 0.0691. The Hall–Kier alpha value is -7.48. The van der Waals surface area contributed by atoms with Gasteiger partial charge in [-0.05, 0) is 125 Å². The number of nitrogens with one attached hydrogen (secondary N) is 1. The van der Waals surface area contributed by atoms with Crippen LogP contribution in [0.4, 0.5) is 0 Å². The van der Waals surface area contributed by atoms with E-state index in [2.05, 4.69) is 222 Å². The highest BCUT2D eigenvalue weighted by atomic mass is 16.5. The maximum atomic E-state index is 6.69. The van der Waals surface area contributed by atoms with Crippen molar-refractivity contribution >= 4 is 0 Å². The SMILES string of the molecule is CC(C)(C)c1ccc(COc2cc(COc3cc(CNCc4ccccc4)cc(OCc4cc(OCc5ccc(C(C)(C)C)cc5)cc(OCc5ccc(C(C)(C)C)cc5)c4)c3)cc(OCc3ccc(C(C)(C)C)cc3)c2)cc1. The van der Waals surface area contributed by atoms with Gasteiger partial charge < -0.3 is 33.7 Å². The lowest BCUT2D eigenvalue weighted by Crippen LogP contribution is -2.13. The Balaban J connectivity index is 1.03. The summed E-state index contributed by atoms with van der Waals surface area (Å²) in [6.07, 6.45) is 0. The molecule has 0 radical (unpaired) electrons. The van der Waals surface area contributed by atoms with Gasteiger partial charge in [-0.3, -0.25) is 0 Å². The minimum absolute atomic E-state index is 0.0691. The molecule has 0 aromatic heterocycles. The van der Waals surface area contributed by atoms with Gasteiger partial charge in [0.15, 0.2) is 0 Å². The van der Waals surface area contributed by atoms with Crippen LogP contribution in [0.5, 0.6) is 34.5 Å². The van der Waals surface area contributed by atoms with Crippen LogP contribution in [0, 0.1) is 0 Å². The molecular weight excluding hydrogens is 975 g/mol. The largest absolute Gasteiger partial charge is 0.489 e. The predicted molar refractivity (Wildman–Crippen MR) is 323 cm³/mol. The highest BCUT2D eigenvalue weighted by molar-refractivity contribution is 5.43. The molecule has 0 spiro atoms. The molecule has 0 bridgehead atoms. The zero-order chi connectivity index (χ0) is 56.2. The van der Waals surface area contributed by atoms with Crippen LogP contribution in [-0.4, -0.2) is 0 Å². The fourth-order valence-electron chi connectivity index (χ4n) is 9.01. The van der Waals surface area contributed by atoms with Gasteiger partial charge in [-0.1, -0.05) is 210 Å². The molecule has 412 valence electrons. The summed E-state index contributed by atoms with van der Waals surface area (Å²) in [4.78, 5) is 0. The van der Waals surface area contributed by atoms with E-state index < -0.39 is 0 Å². The molecule has 0 aliphatic carbocycles. The molecule has 0 atom stereocenters. The first kappa shape index (κ1) is 57.7. The van der Waals surface area contributed by atoms with Gasteiger partial charge in [0.1, 0.15) is 74.1 Å². The number of hydrogen-bond acceptors (Lipinski definition) is 7. The molecule has 0 saturated carbocycles. The van der Waals surface area contributed by atoms with E-state index in [-0.39, 0.29) is 34.9 Å². The minimum Gasteiger partial charge on any atom is -0.489 e. The normalized spacial score (nSPS) is 12.0. The van der Waals surface area contributed by atoms with Crippen molar-refractivity contribution in [2.75, 3.05) is 0 Å². The summed E-state index contributed by atoms with van der Waals surface area (Å²) in [5.41, 5.74) is 13.8. The van der Waals surface area contributed by atoms with Gasteiger partial charge in [0, 0.05) is 31.3 Å². The molecule has 0 saturated heterocycles. The molecule has 0 unspecified atom stereocenters. The molecule has 0 amide bonds. The van der Waals surface area contributed by atoms with Crippen LogP contribution in [0.3, 0.4) is 0 Å². The maximum Gasteiger partial charge on any atom is 0.123 e. The molecular formula is C72H83NO6. The molecule has 8 aromatic rings. The number of benzene rings is 8. The lowest BCUT2D eigenvalue weighted by Gasteiger charge is -2.19. The van der Waals surface area contributed by atoms with Crippen molar-refractivity contribution in [2.45, 2.75) is 157 Å². The molecule has 7 heteroatoms. The molecule has 1 N–H and O–H groups in total. The van der Waals surface area contributed by atoms with Crippen LogP contribution < -0.4 is 33.7 Å². The summed E-state index contributed by atoms with van der Waals surface area (Å²) >= 11 is 0. The van der Waals surface area contributed by atoms with Gasteiger partial charge in [0.25, 0.3) is 0 Å². The Morgan fingerprint density at radius 3 is 0.722 bits per heavy atom. The van der Waals surface area contributed by atoms with Gasteiger partial charge in [-0.15, -0.1) is 0 Å². The maximum absolute atomic E-state index is 6.69. The fourth-order valence-corrected chi connectivity index (χ4v) is 9.01. The van der Waals surface area contributed by atoms with E-state index in [1.165, 1.54) is 27.8 Å². The van der Waals surface area contributed by atoms with Gasteiger partial charge in [-0.25, -0.2) is 0 Å². The second-order valence-corrected chi connectivity index (χ2v) is 25.0. The van der Waals surface area contributed by atoms with Gasteiger partial charge >= 0.3 is 0 Å². The second kappa shape index (κ2) is 25.5. The van der Waals surface area contributed by atoms with Crippen LogP contribution >= 0.6 is 0 Å². The fraction of sp³-hybridized carbons (Fsp3) is 0.333. The first-order valence-electron chi connectivity index (χ1n) is 27.9. The van der Waals surface area contributed by atoms with Gasteiger partial charge in [-0.2, -0.15) is 0 Å². The van der Waals surface area contributed by atoms with Crippen molar-refractivity contribution in [1.82, 2.24) is 5.32 Å². The topological polar surface area (TPSA) is 67.4 Å². The summed E-state index contributed by atoms with van der Waals surface area (Å²) in [6.45, 7) is 30.3. The quantitative estimate of drug-likeness (QED) is 0.0725. The van der Waals surface area contributed by atoms with Gasteiger partial charge in [0.05, 0.1) is 0 Å². The van der Waals surface area contributed by atoms with E-state index in [0.717, 1.165) is 45.5 Å². The Morgan fingerprint density at radius 2 is 0.468 bits per heavy atom. The Bertz CT molecular complexity index is 2840. The van der Waals surface area contributed by atoms with Crippen molar-refractivity contribution in [1.29, 1.82) is 0 Å². The highest BCUT2D eigenvalue weighted by Crippen LogP contribution is 2.32. The predicted octanol–water partition coefficient (Wildman–Crippen LogP) is 17.6. The smallest absolute Gasteiger partial charge is 0.123 e. The molecule has 79 heavy (non-hydrogen) atoms. The van der Waals surface area contributed by atoms with Crippen LogP contribution in [0.15, 0.2) is 182 Å². The van der Waals surface area contributed by atoms with E-state index >= 15 is 0 Å². The second-order valence-electron chi connectivity index (χ2n) is 25.0. The number of hydrogen-bond donors (Lipinski definition) is 1. The number of rotatable bonds is 22. The van der Waals surface area contributed by atoms with E-state index in [1.54, 1.807) is 0 Å². The van der Waals surface area contributed by atoms with E-state index in [0.29, 0.717) is 67.5 Å². The van der Waals surface area contributed by atoms with Crippen LogP contribution in [-0.2, 0) is 74.4 Å². The molecule has 8 rings (SSSR count). The lowest BCUT2D eigenvalue weighted by atomic mass is 9.87. The molecule has 0 heterocycles. The molecule has 0 aliphatic rings. The van der Waals surface area contributed by atoms with E-state index in [9.17, 15) is 0 Å². The Morgan fingerprint density at radius 1 is 0.241 bits per heavy atom. The summed E-state index contributed by atoms with van der Waals surface area (Å²) in [6, 6.07) is 63.3. The summed E-state index contributed by atoms with van der Waals surface area (Å²) < 4.78 is 39.3. The Labute approximate surface area is 472 Å². The summed E-state index contributed by atoms with van der Waals surface area (Å²) in [5, 5.41) is 3.62. The van der Waals surface area contributed by atoms with Gasteiger partial charge in [0.2, 0.25) is 0 Å². The third-order valence-electron chi connectivity index (χ3n) is 14.0. The standard InChI is InChI=1S/C72H83NO6/c1-69(2,3)59-26-18-52(19-27-59)45-74-65-36-57(37-66(41-65)75-46-53-20-28-60(29-21-53)70(4,5)6)49-78-63-34-56(44-73-43-51-16-14-13-15-17-51)35-64(40-63)79-50-58-38-67(76-47-54-22-30-61(31-23-54)71(7,8)9)42-68(39-58)77-48-55-24-32-62(33-25-55)72(10,11)12/h13-42,73H,43-50H2,1-12H3. The molecule has 0 aliphatic heterocycles. The van der Waals surface area contributed by atoms with E-state index in [1.807, 2.05) is 48.5 Å². The van der Waals surface area contributed by atoms with Crippen LogP contribution in [0.25, 0.3) is 0 Å². The van der Waals surface area contributed by atoms with Crippen molar-refractivity contribution in [3.05, 3.63) is 249 Å². The summed E-state index contributed by atoms with van der Waals surface area (Å²) in [7, 11) is 0. The zero-order valence-corrected chi connectivity index (χ0v) is 48.9. The monoisotopic (exact) mass is 1060 g/mol. The van der Waals surface area contributed by atoms with Crippen molar-refractivity contribution in [3.8, 4) is 34.5 Å². The average molecular weight is 1060 g/mol. The molecule has 0 fully saturated rings. The van der Waals surface area contributed by atoms with Crippen molar-refractivity contribution in [2.24, 2.45) is 0 Å².